The van der Waals surface area contributed by atoms with E-state index in [9.17, 15) is 5.11 Å². The van der Waals surface area contributed by atoms with Gasteiger partial charge in [-0.15, -0.1) is 0 Å². The van der Waals surface area contributed by atoms with Crippen LogP contribution in [0, 0.1) is 0 Å². The van der Waals surface area contributed by atoms with E-state index in [-0.39, 0.29) is 6.04 Å². The monoisotopic (exact) mass is 191 g/mol. The summed E-state index contributed by atoms with van der Waals surface area (Å²) >= 11 is 0. The van der Waals surface area contributed by atoms with E-state index in [1.54, 1.807) is 0 Å². The van der Waals surface area contributed by atoms with Gasteiger partial charge in [-0.05, 0) is 22.6 Å². The fraction of sp³-hybridized carbons (Fsp3) is 0.500. The van der Waals surface area contributed by atoms with Crippen LogP contribution in [0.2, 0.25) is 0 Å². The van der Waals surface area contributed by atoms with Crippen LogP contribution in [0.25, 0.3) is 0 Å². The van der Waals surface area contributed by atoms with Gasteiger partial charge in [-0.2, -0.15) is 0 Å². The van der Waals surface area contributed by atoms with Crippen LogP contribution in [0.3, 0.4) is 0 Å². The molecule has 0 saturated heterocycles. The average Bonchev–Trinajstić information content (AvgIpc) is 2.43. The standard InChI is InChI=1S/C12H17NO/c1-7(2)9-5-3-4-8-6-10(14)12(13)11(8)9/h3-5,7,10,12,14H,6,13H2,1-2H3/t10-,12-/m1/s1. The Bertz CT molecular complexity index is 346. The van der Waals surface area contributed by atoms with Crippen LogP contribution in [0.15, 0.2) is 18.2 Å². The second-order valence-corrected chi connectivity index (χ2v) is 4.37. The second kappa shape index (κ2) is 3.37. The van der Waals surface area contributed by atoms with Gasteiger partial charge >= 0.3 is 0 Å². The van der Waals surface area contributed by atoms with Crippen molar-refractivity contribution in [2.45, 2.75) is 38.3 Å². The van der Waals surface area contributed by atoms with Gasteiger partial charge in [-0.25, -0.2) is 0 Å². The van der Waals surface area contributed by atoms with Crippen molar-refractivity contribution in [3.63, 3.8) is 0 Å². The fourth-order valence-electron chi connectivity index (χ4n) is 2.27. The molecule has 1 aromatic rings. The first-order valence-corrected chi connectivity index (χ1v) is 5.16. The zero-order chi connectivity index (χ0) is 10.3. The minimum absolute atomic E-state index is 0.191. The Labute approximate surface area is 84.7 Å². The first kappa shape index (κ1) is 9.69. The van der Waals surface area contributed by atoms with Gasteiger partial charge in [0.1, 0.15) is 0 Å². The average molecular weight is 191 g/mol. The molecule has 0 heterocycles. The van der Waals surface area contributed by atoms with E-state index in [2.05, 4.69) is 32.0 Å². The smallest absolute Gasteiger partial charge is 0.0773 e. The number of rotatable bonds is 1. The van der Waals surface area contributed by atoms with Gasteiger partial charge in [-0.3, -0.25) is 0 Å². The summed E-state index contributed by atoms with van der Waals surface area (Å²) in [7, 11) is 0. The van der Waals surface area contributed by atoms with Crippen molar-refractivity contribution in [2.75, 3.05) is 0 Å². The van der Waals surface area contributed by atoms with Crippen molar-refractivity contribution in [1.82, 2.24) is 0 Å². The Balaban J connectivity index is 2.52. The Morgan fingerprint density at radius 1 is 1.43 bits per heavy atom. The van der Waals surface area contributed by atoms with Crippen LogP contribution in [0.5, 0.6) is 0 Å². The van der Waals surface area contributed by atoms with Gasteiger partial charge in [0.25, 0.3) is 0 Å². The molecule has 0 amide bonds. The molecule has 14 heavy (non-hydrogen) atoms. The van der Waals surface area contributed by atoms with Gasteiger partial charge in [0.05, 0.1) is 12.1 Å². The summed E-state index contributed by atoms with van der Waals surface area (Å²) < 4.78 is 0. The highest BCUT2D eigenvalue weighted by atomic mass is 16.3. The Morgan fingerprint density at radius 2 is 2.14 bits per heavy atom. The molecule has 2 atom stereocenters. The number of aliphatic hydroxyl groups is 1. The highest BCUT2D eigenvalue weighted by molar-refractivity contribution is 5.43. The number of nitrogens with two attached hydrogens (primary N) is 1. The molecule has 2 heteroatoms. The second-order valence-electron chi connectivity index (χ2n) is 4.37. The van der Waals surface area contributed by atoms with E-state index in [0.29, 0.717) is 12.3 Å². The fourth-order valence-corrected chi connectivity index (χ4v) is 2.27. The highest BCUT2D eigenvalue weighted by Gasteiger charge is 2.30. The minimum Gasteiger partial charge on any atom is -0.391 e. The number of fused-ring (bicyclic) bond motifs is 1. The Morgan fingerprint density at radius 3 is 2.79 bits per heavy atom. The predicted octanol–water partition coefficient (Wildman–Crippen LogP) is 1.73. The molecule has 0 aliphatic heterocycles. The van der Waals surface area contributed by atoms with E-state index in [1.165, 1.54) is 16.7 Å². The summed E-state index contributed by atoms with van der Waals surface area (Å²) in [6.07, 6.45) is 0.307. The number of aliphatic hydroxyl groups excluding tert-OH is 1. The van der Waals surface area contributed by atoms with E-state index < -0.39 is 6.10 Å². The molecule has 2 rings (SSSR count). The van der Waals surface area contributed by atoms with Gasteiger partial charge in [-0.1, -0.05) is 32.0 Å². The van der Waals surface area contributed by atoms with E-state index in [0.717, 1.165) is 0 Å². The minimum atomic E-state index is -0.398. The highest BCUT2D eigenvalue weighted by Crippen LogP contribution is 2.35. The quantitative estimate of drug-likeness (QED) is 0.710. The molecule has 0 radical (unpaired) electrons. The van der Waals surface area contributed by atoms with Crippen molar-refractivity contribution in [1.29, 1.82) is 0 Å². The zero-order valence-electron chi connectivity index (χ0n) is 8.70. The predicted molar refractivity (Wildman–Crippen MR) is 57.2 cm³/mol. The molecule has 0 aromatic heterocycles. The van der Waals surface area contributed by atoms with Crippen LogP contribution in [0.1, 0.15) is 42.5 Å². The van der Waals surface area contributed by atoms with Gasteiger partial charge < -0.3 is 10.8 Å². The molecule has 0 spiro atoms. The van der Waals surface area contributed by atoms with Gasteiger partial charge in [0, 0.05) is 6.42 Å². The molecule has 0 bridgehead atoms. The molecule has 76 valence electrons. The summed E-state index contributed by atoms with van der Waals surface area (Å²) in [5, 5.41) is 9.70. The van der Waals surface area contributed by atoms with Gasteiger partial charge in [0.15, 0.2) is 0 Å². The number of benzene rings is 1. The van der Waals surface area contributed by atoms with E-state index in [1.807, 2.05) is 0 Å². The van der Waals surface area contributed by atoms with E-state index >= 15 is 0 Å². The molecule has 0 saturated carbocycles. The lowest BCUT2D eigenvalue weighted by Gasteiger charge is -2.16. The topological polar surface area (TPSA) is 46.2 Å². The van der Waals surface area contributed by atoms with Crippen molar-refractivity contribution in [3.8, 4) is 0 Å². The van der Waals surface area contributed by atoms with Crippen LogP contribution in [0.4, 0.5) is 0 Å². The van der Waals surface area contributed by atoms with Crippen LogP contribution < -0.4 is 5.73 Å². The first-order valence-electron chi connectivity index (χ1n) is 5.16. The third-order valence-corrected chi connectivity index (χ3v) is 3.03. The van der Waals surface area contributed by atoms with Crippen molar-refractivity contribution in [3.05, 3.63) is 34.9 Å². The van der Waals surface area contributed by atoms with Gasteiger partial charge in [0.2, 0.25) is 0 Å². The summed E-state index contributed by atoms with van der Waals surface area (Å²) in [5.41, 5.74) is 9.66. The summed E-state index contributed by atoms with van der Waals surface area (Å²) in [6.45, 7) is 4.32. The molecule has 1 aromatic carbocycles. The molecule has 0 unspecified atom stereocenters. The maximum Gasteiger partial charge on any atom is 0.0773 e. The lowest BCUT2D eigenvalue weighted by Crippen LogP contribution is -2.22. The molecular weight excluding hydrogens is 174 g/mol. The number of hydrogen-bond donors (Lipinski definition) is 2. The van der Waals surface area contributed by atoms with Crippen LogP contribution >= 0.6 is 0 Å². The molecule has 3 N–H and O–H groups in total. The Hall–Kier alpha value is -0.860. The lowest BCUT2D eigenvalue weighted by atomic mass is 9.93. The largest absolute Gasteiger partial charge is 0.391 e. The molecule has 1 aliphatic rings. The lowest BCUT2D eigenvalue weighted by molar-refractivity contribution is 0.158. The normalized spacial score (nSPS) is 25.5. The number of hydrogen-bond acceptors (Lipinski definition) is 2. The van der Waals surface area contributed by atoms with Crippen molar-refractivity contribution < 1.29 is 5.11 Å². The molecular formula is C12H17NO. The molecule has 2 nitrogen and oxygen atoms in total. The molecule has 0 fully saturated rings. The molecule has 1 aliphatic carbocycles. The van der Waals surface area contributed by atoms with Crippen LogP contribution in [-0.2, 0) is 6.42 Å². The third kappa shape index (κ3) is 1.35. The van der Waals surface area contributed by atoms with E-state index in [4.69, 9.17) is 5.73 Å². The summed E-state index contributed by atoms with van der Waals surface area (Å²) in [6, 6.07) is 6.04. The van der Waals surface area contributed by atoms with Crippen molar-refractivity contribution >= 4 is 0 Å². The Kier molecular flexibility index (Phi) is 2.33. The third-order valence-electron chi connectivity index (χ3n) is 3.03. The van der Waals surface area contributed by atoms with Crippen molar-refractivity contribution in [2.24, 2.45) is 5.73 Å². The summed E-state index contributed by atoms with van der Waals surface area (Å²) in [5.74, 6) is 0.473. The van der Waals surface area contributed by atoms with Crippen LogP contribution in [-0.4, -0.2) is 11.2 Å². The SMILES string of the molecule is CC(C)c1cccc2c1[C@H](N)[C@H](O)C2. The maximum atomic E-state index is 9.70. The zero-order valence-corrected chi connectivity index (χ0v) is 8.70. The maximum absolute atomic E-state index is 9.70. The first-order chi connectivity index (χ1) is 6.61. The summed E-state index contributed by atoms with van der Waals surface area (Å²) in [4.78, 5) is 0.